The second-order valence-electron chi connectivity index (χ2n) is 9.81. The number of carbonyl (C=O) groups is 2. The van der Waals surface area contributed by atoms with Crippen LogP contribution in [0.3, 0.4) is 0 Å². The minimum atomic E-state index is 0.265. The van der Waals surface area contributed by atoms with Crippen LogP contribution in [-0.2, 0) is 16.1 Å². The first kappa shape index (κ1) is 22.3. The van der Waals surface area contributed by atoms with E-state index < -0.39 is 0 Å². The number of nitrogens with zero attached hydrogens (tertiary/aromatic N) is 3. The number of piperidine rings is 1. The SMILES string of the molecule is O=C(CCC1CCCN(C(=O)C2CCCCC2)C1)N1CCN(Cc2ccccc2)CC1. The number of likely N-dealkylation sites (tertiary alicyclic amines) is 1. The first-order valence-corrected chi connectivity index (χ1v) is 12.5. The summed E-state index contributed by atoms with van der Waals surface area (Å²) in [5.41, 5.74) is 1.34. The lowest BCUT2D eigenvalue weighted by atomic mass is 9.86. The Hall–Kier alpha value is -1.88. The Kier molecular flexibility index (Phi) is 8.01. The average Bonchev–Trinajstić information content (AvgIpc) is 2.84. The van der Waals surface area contributed by atoms with E-state index in [4.69, 9.17) is 0 Å². The van der Waals surface area contributed by atoms with Crippen LogP contribution in [0, 0.1) is 11.8 Å². The van der Waals surface area contributed by atoms with Gasteiger partial charge in [0.15, 0.2) is 0 Å². The molecule has 2 saturated heterocycles. The predicted molar refractivity (Wildman–Crippen MR) is 123 cm³/mol. The van der Waals surface area contributed by atoms with Gasteiger partial charge < -0.3 is 9.80 Å². The summed E-state index contributed by atoms with van der Waals surface area (Å²) in [6, 6.07) is 10.6. The lowest BCUT2D eigenvalue weighted by Gasteiger charge is -2.37. The Labute approximate surface area is 187 Å². The zero-order valence-electron chi connectivity index (χ0n) is 19.0. The molecule has 170 valence electrons. The third-order valence-corrected chi connectivity index (χ3v) is 7.53. The molecule has 0 bridgehead atoms. The van der Waals surface area contributed by atoms with Crippen LogP contribution in [0.2, 0.25) is 0 Å². The summed E-state index contributed by atoms with van der Waals surface area (Å²) in [7, 11) is 0. The standard InChI is InChI=1S/C26H39N3O2/c30-25(28-18-16-27(17-19-28)20-22-8-3-1-4-9-22)14-13-23-10-7-15-29(21-23)26(31)24-11-5-2-6-12-24/h1,3-4,8-9,23-24H,2,5-7,10-21H2. The van der Waals surface area contributed by atoms with Gasteiger partial charge in [0.05, 0.1) is 0 Å². The van der Waals surface area contributed by atoms with E-state index in [0.717, 1.165) is 77.9 Å². The van der Waals surface area contributed by atoms with Gasteiger partial charge in [-0.25, -0.2) is 0 Å². The van der Waals surface area contributed by atoms with Gasteiger partial charge in [-0.1, -0.05) is 49.6 Å². The average molecular weight is 426 g/mol. The number of hydrogen-bond acceptors (Lipinski definition) is 3. The molecule has 2 aliphatic heterocycles. The molecule has 2 heterocycles. The Morgan fingerprint density at radius 2 is 1.55 bits per heavy atom. The van der Waals surface area contributed by atoms with Gasteiger partial charge >= 0.3 is 0 Å². The summed E-state index contributed by atoms with van der Waals surface area (Å²) >= 11 is 0. The van der Waals surface area contributed by atoms with Crippen molar-refractivity contribution in [3.8, 4) is 0 Å². The number of carbonyl (C=O) groups excluding carboxylic acids is 2. The van der Waals surface area contributed by atoms with Crippen molar-refractivity contribution in [3.63, 3.8) is 0 Å². The number of benzene rings is 1. The zero-order chi connectivity index (χ0) is 21.5. The molecule has 5 heteroatoms. The monoisotopic (exact) mass is 425 g/mol. The fourth-order valence-corrected chi connectivity index (χ4v) is 5.59. The topological polar surface area (TPSA) is 43.9 Å². The highest BCUT2D eigenvalue weighted by Gasteiger charge is 2.30. The lowest BCUT2D eigenvalue weighted by molar-refractivity contribution is -0.138. The van der Waals surface area contributed by atoms with Crippen LogP contribution in [0.5, 0.6) is 0 Å². The van der Waals surface area contributed by atoms with Crippen molar-refractivity contribution in [3.05, 3.63) is 35.9 Å². The van der Waals surface area contributed by atoms with E-state index in [0.29, 0.717) is 24.2 Å². The van der Waals surface area contributed by atoms with Crippen LogP contribution in [0.15, 0.2) is 30.3 Å². The van der Waals surface area contributed by atoms with Gasteiger partial charge in [0, 0.05) is 58.2 Å². The summed E-state index contributed by atoms with van der Waals surface area (Å²) in [6.07, 6.45) is 9.68. The van der Waals surface area contributed by atoms with E-state index in [1.807, 2.05) is 0 Å². The summed E-state index contributed by atoms with van der Waals surface area (Å²) in [5, 5.41) is 0. The van der Waals surface area contributed by atoms with Gasteiger partial charge in [0.1, 0.15) is 0 Å². The Balaban J connectivity index is 1.17. The first-order chi connectivity index (χ1) is 15.2. The molecule has 1 aromatic rings. The van der Waals surface area contributed by atoms with E-state index in [9.17, 15) is 9.59 Å². The van der Waals surface area contributed by atoms with Gasteiger partial charge in [-0.05, 0) is 43.6 Å². The van der Waals surface area contributed by atoms with Gasteiger partial charge in [-0.15, -0.1) is 0 Å². The highest BCUT2D eigenvalue weighted by atomic mass is 16.2. The third-order valence-electron chi connectivity index (χ3n) is 7.53. The van der Waals surface area contributed by atoms with Crippen molar-refractivity contribution >= 4 is 11.8 Å². The second-order valence-corrected chi connectivity index (χ2v) is 9.81. The smallest absolute Gasteiger partial charge is 0.225 e. The Morgan fingerprint density at radius 1 is 0.806 bits per heavy atom. The van der Waals surface area contributed by atoms with E-state index in [-0.39, 0.29) is 5.92 Å². The summed E-state index contributed by atoms with van der Waals surface area (Å²) in [4.78, 5) is 32.3. The second kappa shape index (κ2) is 11.1. The normalized spacial score (nSPS) is 23.7. The van der Waals surface area contributed by atoms with Crippen molar-refractivity contribution in [1.29, 1.82) is 0 Å². The van der Waals surface area contributed by atoms with Crippen LogP contribution in [0.1, 0.15) is 63.4 Å². The summed E-state index contributed by atoms with van der Waals surface area (Å²) in [6.45, 7) is 6.33. The van der Waals surface area contributed by atoms with Crippen LogP contribution < -0.4 is 0 Å². The van der Waals surface area contributed by atoms with Crippen molar-refractivity contribution in [2.75, 3.05) is 39.3 Å². The molecule has 1 aliphatic carbocycles. The maximum atomic E-state index is 12.9. The molecule has 0 aromatic heterocycles. The van der Waals surface area contributed by atoms with Crippen molar-refractivity contribution in [2.24, 2.45) is 11.8 Å². The largest absolute Gasteiger partial charge is 0.342 e. The van der Waals surface area contributed by atoms with Crippen LogP contribution in [0.4, 0.5) is 0 Å². The molecule has 0 radical (unpaired) electrons. The molecule has 1 aromatic carbocycles. The fourth-order valence-electron chi connectivity index (χ4n) is 5.59. The molecule has 1 saturated carbocycles. The number of amides is 2. The van der Waals surface area contributed by atoms with Crippen molar-refractivity contribution < 1.29 is 9.59 Å². The Bertz CT molecular complexity index is 709. The van der Waals surface area contributed by atoms with Crippen LogP contribution in [0.25, 0.3) is 0 Å². The molecule has 2 amide bonds. The predicted octanol–water partition coefficient (Wildman–Crippen LogP) is 3.93. The van der Waals surface area contributed by atoms with E-state index >= 15 is 0 Å². The molecule has 0 spiro atoms. The van der Waals surface area contributed by atoms with Crippen LogP contribution in [-0.4, -0.2) is 65.8 Å². The quantitative estimate of drug-likeness (QED) is 0.694. The highest BCUT2D eigenvalue weighted by Crippen LogP contribution is 2.28. The van der Waals surface area contributed by atoms with E-state index in [1.54, 1.807) is 0 Å². The van der Waals surface area contributed by atoms with Gasteiger partial charge in [-0.3, -0.25) is 14.5 Å². The van der Waals surface area contributed by atoms with Crippen molar-refractivity contribution in [2.45, 2.75) is 64.3 Å². The molecule has 5 nitrogen and oxygen atoms in total. The molecule has 3 aliphatic rings. The first-order valence-electron chi connectivity index (χ1n) is 12.5. The van der Waals surface area contributed by atoms with Gasteiger partial charge in [0.2, 0.25) is 11.8 Å². The fraction of sp³-hybridized carbons (Fsp3) is 0.692. The number of hydrogen-bond donors (Lipinski definition) is 0. The van der Waals surface area contributed by atoms with Gasteiger partial charge in [-0.2, -0.15) is 0 Å². The molecule has 31 heavy (non-hydrogen) atoms. The maximum Gasteiger partial charge on any atom is 0.225 e. The molecule has 1 unspecified atom stereocenters. The summed E-state index contributed by atoms with van der Waals surface area (Å²) < 4.78 is 0. The number of piperazine rings is 1. The minimum absolute atomic E-state index is 0.265. The third kappa shape index (κ3) is 6.31. The summed E-state index contributed by atoms with van der Waals surface area (Å²) in [5.74, 6) is 1.45. The van der Waals surface area contributed by atoms with Crippen LogP contribution >= 0.6 is 0 Å². The maximum absolute atomic E-state index is 12.9. The molecular formula is C26H39N3O2. The zero-order valence-corrected chi connectivity index (χ0v) is 19.0. The Morgan fingerprint density at radius 3 is 2.29 bits per heavy atom. The number of rotatable bonds is 6. The van der Waals surface area contributed by atoms with E-state index in [2.05, 4.69) is 45.0 Å². The molecule has 1 atom stereocenters. The molecule has 4 rings (SSSR count). The van der Waals surface area contributed by atoms with Gasteiger partial charge in [0.25, 0.3) is 0 Å². The minimum Gasteiger partial charge on any atom is -0.342 e. The lowest BCUT2D eigenvalue weighted by Crippen LogP contribution is -2.48. The molecule has 0 N–H and O–H groups in total. The molecular weight excluding hydrogens is 386 g/mol. The highest BCUT2D eigenvalue weighted by molar-refractivity contribution is 5.79. The van der Waals surface area contributed by atoms with Crippen molar-refractivity contribution in [1.82, 2.24) is 14.7 Å². The molecule has 3 fully saturated rings. The van der Waals surface area contributed by atoms with E-state index in [1.165, 1.54) is 24.8 Å².